The van der Waals surface area contributed by atoms with Crippen molar-refractivity contribution in [2.45, 2.75) is 19.6 Å². The lowest BCUT2D eigenvalue weighted by Gasteiger charge is -2.14. The van der Waals surface area contributed by atoms with Gasteiger partial charge in [-0.15, -0.1) is 0 Å². The van der Waals surface area contributed by atoms with E-state index in [-0.39, 0.29) is 17.2 Å². The highest BCUT2D eigenvalue weighted by Gasteiger charge is 2.31. The van der Waals surface area contributed by atoms with Crippen molar-refractivity contribution in [3.05, 3.63) is 63.9 Å². The second-order valence-corrected chi connectivity index (χ2v) is 5.88. The normalized spacial score (nSPS) is 11.2. The first kappa shape index (κ1) is 18.5. The Labute approximate surface area is 146 Å². The fourth-order valence-electron chi connectivity index (χ4n) is 2.01. The van der Waals surface area contributed by atoms with Crippen molar-refractivity contribution in [1.82, 2.24) is 5.32 Å². The molecule has 0 radical (unpaired) electrons. The molecule has 0 aromatic heterocycles. The van der Waals surface area contributed by atoms with Crippen LogP contribution in [-0.2, 0) is 12.7 Å². The third-order valence-electron chi connectivity index (χ3n) is 3.25. The molecular weight excluding hydrogens is 364 g/mol. The van der Waals surface area contributed by atoms with Gasteiger partial charge in [-0.1, -0.05) is 17.7 Å². The molecule has 0 unspecified atom stereocenters. The number of benzene rings is 2. The molecule has 24 heavy (non-hydrogen) atoms. The van der Waals surface area contributed by atoms with E-state index >= 15 is 0 Å². The van der Waals surface area contributed by atoms with Gasteiger partial charge in [0.1, 0.15) is 5.82 Å². The average Bonchev–Trinajstić information content (AvgIpc) is 2.48. The molecule has 0 saturated heterocycles. The summed E-state index contributed by atoms with van der Waals surface area (Å²) in [5, 5.41) is 6.39. The molecule has 128 valence electrons. The van der Waals surface area contributed by atoms with Gasteiger partial charge in [0.05, 0.1) is 5.56 Å². The number of rotatable bonds is 3. The summed E-state index contributed by atoms with van der Waals surface area (Å²) in [6, 6.07) is 7.58. The minimum absolute atomic E-state index is 0.0493. The Morgan fingerprint density at radius 3 is 2.58 bits per heavy atom. The number of anilines is 1. The average molecular weight is 377 g/mol. The van der Waals surface area contributed by atoms with Crippen LogP contribution in [0.1, 0.15) is 16.7 Å². The minimum atomic E-state index is -4.60. The second kappa shape index (κ2) is 7.36. The Kier molecular flexibility index (Phi) is 5.66. The van der Waals surface area contributed by atoms with E-state index in [1.807, 2.05) is 0 Å². The van der Waals surface area contributed by atoms with E-state index in [9.17, 15) is 17.6 Å². The lowest BCUT2D eigenvalue weighted by Crippen LogP contribution is -2.28. The molecule has 8 heteroatoms. The molecule has 0 aliphatic carbocycles. The molecule has 0 bridgehead atoms. The number of thiocarbonyl (C=S) groups is 1. The molecule has 0 aliphatic heterocycles. The smallest absolute Gasteiger partial charge is 0.358 e. The van der Waals surface area contributed by atoms with Crippen molar-refractivity contribution < 1.29 is 17.6 Å². The highest BCUT2D eigenvalue weighted by Crippen LogP contribution is 2.30. The maximum Gasteiger partial charge on any atom is 0.416 e. The van der Waals surface area contributed by atoms with Crippen molar-refractivity contribution >= 4 is 34.6 Å². The molecular formula is C16H13ClF4N2S. The summed E-state index contributed by atoms with van der Waals surface area (Å²) in [5.41, 5.74) is 0.557. The quantitative estimate of drug-likeness (QED) is 0.562. The first-order valence-corrected chi connectivity index (χ1v) is 7.62. The van der Waals surface area contributed by atoms with Gasteiger partial charge in [-0.3, -0.25) is 0 Å². The number of nitrogens with one attached hydrogen (secondary N) is 2. The summed E-state index contributed by atoms with van der Waals surface area (Å²) in [6.45, 7) is 1.75. The predicted molar refractivity (Wildman–Crippen MR) is 90.7 cm³/mol. The van der Waals surface area contributed by atoms with Gasteiger partial charge in [0.2, 0.25) is 0 Å². The topological polar surface area (TPSA) is 24.1 Å². The zero-order valence-corrected chi connectivity index (χ0v) is 14.0. The minimum Gasteiger partial charge on any atom is -0.358 e. The van der Waals surface area contributed by atoms with Crippen LogP contribution < -0.4 is 10.6 Å². The number of hydrogen-bond donors (Lipinski definition) is 2. The summed E-state index contributed by atoms with van der Waals surface area (Å²) >= 11 is 11.1. The molecule has 2 aromatic carbocycles. The Morgan fingerprint density at radius 1 is 1.21 bits per heavy atom. The number of alkyl halides is 3. The van der Waals surface area contributed by atoms with Crippen LogP contribution >= 0.6 is 23.8 Å². The number of hydrogen-bond acceptors (Lipinski definition) is 1. The van der Waals surface area contributed by atoms with Gasteiger partial charge in [0.15, 0.2) is 5.11 Å². The standard InChI is InChI=1S/C16H13ClF4N2S/c1-9-13(17)3-2-4-14(9)23-15(24)22-8-10-5-11(16(19,20)21)7-12(18)6-10/h2-7H,8H2,1H3,(H2,22,23,24). The molecule has 0 amide bonds. The maximum atomic E-state index is 13.3. The second-order valence-electron chi connectivity index (χ2n) is 5.07. The van der Waals surface area contributed by atoms with Gasteiger partial charge in [0.25, 0.3) is 0 Å². The molecule has 2 nitrogen and oxygen atoms in total. The molecule has 0 fully saturated rings. The van der Waals surface area contributed by atoms with Crippen LogP contribution in [0.25, 0.3) is 0 Å². The maximum absolute atomic E-state index is 13.3. The van der Waals surface area contributed by atoms with Crippen LogP contribution in [0.5, 0.6) is 0 Å². The van der Waals surface area contributed by atoms with E-state index in [1.165, 1.54) is 0 Å². The Balaban J connectivity index is 2.04. The van der Waals surface area contributed by atoms with E-state index in [4.69, 9.17) is 23.8 Å². The van der Waals surface area contributed by atoms with Crippen LogP contribution in [0.4, 0.5) is 23.2 Å². The first-order chi connectivity index (χ1) is 11.2. The summed E-state index contributed by atoms with van der Waals surface area (Å²) in [6.07, 6.45) is -4.60. The van der Waals surface area contributed by atoms with Gasteiger partial charge in [-0.2, -0.15) is 13.2 Å². The van der Waals surface area contributed by atoms with E-state index in [1.54, 1.807) is 25.1 Å². The first-order valence-electron chi connectivity index (χ1n) is 6.83. The lowest BCUT2D eigenvalue weighted by atomic mass is 10.1. The molecule has 0 heterocycles. The van der Waals surface area contributed by atoms with Crippen LogP contribution in [-0.4, -0.2) is 5.11 Å². The fraction of sp³-hybridized carbons (Fsp3) is 0.188. The summed E-state index contributed by atoms with van der Waals surface area (Å²) < 4.78 is 51.4. The van der Waals surface area contributed by atoms with Crippen LogP contribution in [0.15, 0.2) is 36.4 Å². The summed E-state index contributed by atoms with van der Waals surface area (Å²) in [5.74, 6) is -0.953. The molecule has 2 N–H and O–H groups in total. The zero-order chi connectivity index (χ0) is 17.9. The zero-order valence-electron chi connectivity index (χ0n) is 12.5. The van der Waals surface area contributed by atoms with E-state index in [0.717, 1.165) is 17.7 Å². The van der Waals surface area contributed by atoms with E-state index < -0.39 is 17.6 Å². The van der Waals surface area contributed by atoms with Crippen molar-refractivity contribution in [1.29, 1.82) is 0 Å². The van der Waals surface area contributed by atoms with Crippen molar-refractivity contribution in [2.75, 3.05) is 5.32 Å². The van der Waals surface area contributed by atoms with Crippen molar-refractivity contribution in [3.8, 4) is 0 Å². The van der Waals surface area contributed by atoms with Crippen molar-refractivity contribution in [3.63, 3.8) is 0 Å². The molecule has 0 spiro atoms. The largest absolute Gasteiger partial charge is 0.416 e. The van der Waals surface area contributed by atoms with Crippen LogP contribution in [0, 0.1) is 12.7 Å². The van der Waals surface area contributed by atoms with E-state index in [2.05, 4.69) is 10.6 Å². The predicted octanol–water partition coefficient (Wildman–Crippen LogP) is 5.29. The summed E-state index contributed by atoms with van der Waals surface area (Å²) in [4.78, 5) is 0. The summed E-state index contributed by atoms with van der Waals surface area (Å²) in [7, 11) is 0. The third kappa shape index (κ3) is 4.82. The molecule has 2 rings (SSSR count). The molecule has 0 aliphatic rings. The van der Waals surface area contributed by atoms with Crippen molar-refractivity contribution in [2.24, 2.45) is 0 Å². The Bertz CT molecular complexity index is 762. The monoisotopic (exact) mass is 376 g/mol. The van der Waals surface area contributed by atoms with Crippen LogP contribution in [0.3, 0.4) is 0 Å². The van der Waals surface area contributed by atoms with Gasteiger partial charge in [-0.25, -0.2) is 4.39 Å². The Hall–Kier alpha value is -1.86. The number of halogens is 5. The fourth-order valence-corrected chi connectivity index (χ4v) is 2.36. The highest BCUT2D eigenvalue weighted by molar-refractivity contribution is 7.80. The van der Waals surface area contributed by atoms with Gasteiger partial charge in [0, 0.05) is 17.3 Å². The van der Waals surface area contributed by atoms with Gasteiger partial charge in [-0.05, 0) is 60.6 Å². The van der Waals surface area contributed by atoms with Gasteiger partial charge >= 0.3 is 6.18 Å². The van der Waals surface area contributed by atoms with E-state index in [0.29, 0.717) is 16.8 Å². The molecule has 2 aromatic rings. The SMILES string of the molecule is Cc1c(Cl)cccc1NC(=S)NCc1cc(F)cc(C(F)(F)F)c1. The van der Waals surface area contributed by atoms with Crippen LogP contribution in [0.2, 0.25) is 5.02 Å². The highest BCUT2D eigenvalue weighted by atomic mass is 35.5. The Morgan fingerprint density at radius 2 is 1.92 bits per heavy atom. The third-order valence-corrected chi connectivity index (χ3v) is 3.91. The molecule has 0 saturated carbocycles. The lowest BCUT2D eigenvalue weighted by molar-refractivity contribution is -0.137. The molecule has 0 atom stereocenters. The van der Waals surface area contributed by atoms with Gasteiger partial charge < -0.3 is 10.6 Å².